The highest BCUT2D eigenvalue weighted by atomic mass is 16.6. The summed E-state index contributed by atoms with van der Waals surface area (Å²) in [5, 5.41) is 2.98. The second-order valence-corrected chi connectivity index (χ2v) is 6.40. The molecular weight excluding hydrogens is 242 g/mol. The lowest BCUT2D eigenvalue weighted by molar-refractivity contribution is 0.0449. The quantitative estimate of drug-likeness (QED) is 0.814. The van der Waals surface area contributed by atoms with Gasteiger partial charge in [-0.3, -0.25) is 4.90 Å². The standard InChI is InChI=1S/C14H29N3O2/c1-5-11-8-12(10-17(9-11)7-6-15)16-13(18)19-14(2,3)4/h11-12H,5-10,15H2,1-4H3,(H,16,18). The zero-order valence-corrected chi connectivity index (χ0v) is 12.7. The Morgan fingerprint density at radius 2 is 2.11 bits per heavy atom. The van der Waals surface area contributed by atoms with Crippen LogP contribution < -0.4 is 11.1 Å². The molecule has 2 atom stereocenters. The van der Waals surface area contributed by atoms with E-state index < -0.39 is 5.60 Å². The van der Waals surface area contributed by atoms with Gasteiger partial charge in [0.1, 0.15) is 5.60 Å². The van der Waals surface area contributed by atoms with Gasteiger partial charge in [0, 0.05) is 32.2 Å². The number of hydrogen-bond acceptors (Lipinski definition) is 4. The van der Waals surface area contributed by atoms with Crippen LogP contribution in [0, 0.1) is 5.92 Å². The van der Waals surface area contributed by atoms with Gasteiger partial charge in [0.2, 0.25) is 0 Å². The summed E-state index contributed by atoms with van der Waals surface area (Å²) < 4.78 is 5.31. The Balaban J connectivity index is 2.49. The van der Waals surface area contributed by atoms with E-state index in [9.17, 15) is 4.79 Å². The first-order valence-corrected chi connectivity index (χ1v) is 7.26. The Labute approximate surface area is 116 Å². The van der Waals surface area contributed by atoms with Gasteiger partial charge in [0.15, 0.2) is 0 Å². The number of rotatable bonds is 4. The summed E-state index contributed by atoms with van der Waals surface area (Å²) in [6, 6.07) is 0.167. The van der Waals surface area contributed by atoms with Gasteiger partial charge < -0.3 is 15.8 Å². The zero-order valence-electron chi connectivity index (χ0n) is 12.7. The van der Waals surface area contributed by atoms with Crippen LogP contribution in [-0.4, -0.2) is 48.8 Å². The van der Waals surface area contributed by atoms with E-state index in [1.807, 2.05) is 20.8 Å². The third-order valence-electron chi connectivity index (χ3n) is 3.36. The lowest BCUT2D eigenvalue weighted by atomic mass is 9.92. The fourth-order valence-corrected chi connectivity index (χ4v) is 2.54. The first-order chi connectivity index (χ1) is 8.84. The van der Waals surface area contributed by atoms with E-state index in [1.165, 1.54) is 0 Å². The van der Waals surface area contributed by atoms with Crippen molar-refractivity contribution >= 4 is 6.09 Å². The molecule has 1 heterocycles. The molecule has 5 heteroatoms. The highest BCUT2D eigenvalue weighted by molar-refractivity contribution is 5.68. The Kier molecular flexibility index (Phi) is 6.07. The molecule has 0 radical (unpaired) electrons. The average molecular weight is 271 g/mol. The van der Waals surface area contributed by atoms with Gasteiger partial charge in [-0.05, 0) is 33.1 Å². The predicted molar refractivity (Wildman–Crippen MR) is 77.1 cm³/mol. The number of likely N-dealkylation sites (tertiary alicyclic amines) is 1. The lowest BCUT2D eigenvalue weighted by Crippen LogP contribution is -2.52. The Morgan fingerprint density at radius 3 is 2.63 bits per heavy atom. The van der Waals surface area contributed by atoms with E-state index in [1.54, 1.807) is 0 Å². The SMILES string of the molecule is CCC1CC(NC(=O)OC(C)(C)C)CN(CCN)C1. The minimum atomic E-state index is -0.445. The molecule has 2 unspecified atom stereocenters. The Morgan fingerprint density at radius 1 is 1.42 bits per heavy atom. The molecule has 112 valence electrons. The van der Waals surface area contributed by atoms with Gasteiger partial charge >= 0.3 is 6.09 Å². The molecule has 19 heavy (non-hydrogen) atoms. The van der Waals surface area contributed by atoms with E-state index in [-0.39, 0.29) is 12.1 Å². The normalized spacial score (nSPS) is 25.1. The fourth-order valence-electron chi connectivity index (χ4n) is 2.54. The molecule has 3 N–H and O–H groups in total. The molecule has 0 aromatic rings. The molecule has 0 bridgehead atoms. The smallest absolute Gasteiger partial charge is 0.407 e. The van der Waals surface area contributed by atoms with Crippen LogP contribution in [0.4, 0.5) is 4.79 Å². The molecular formula is C14H29N3O2. The minimum absolute atomic E-state index is 0.167. The van der Waals surface area contributed by atoms with Crippen molar-refractivity contribution < 1.29 is 9.53 Å². The number of alkyl carbamates (subject to hydrolysis) is 1. The molecule has 5 nitrogen and oxygen atoms in total. The molecule has 0 aromatic carbocycles. The Hall–Kier alpha value is -0.810. The van der Waals surface area contributed by atoms with Crippen molar-refractivity contribution in [2.24, 2.45) is 11.7 Å². The van der Waals surface area contributed by atoms with Crippen molar-refractivity contribution in [2.75, 3.05) is 26.2 Å². The van der Waals surface area contributed by atoms with Crippen LogP contribution in [0.2, 0.25) is 0 Å². The Bertz CT molecular complexity index is 289. The van der Waals surface area contributed by atoms with Crippen LogP contribution in [-0.2, 0) is 4.74 Å². The first-order valence-electron chi connectivity index (χ1n) is 7.26. The van der Waals surface area contributed by atoms with Gasteiger partial charge in [-0.1, -0.05) is 13.3 Å². The van der Waals surface area contributed by atoms with Crippen LogP contribution in [0.1, 0.15) is 40.5 Å². The molecule has 1 aliphatic heterocycles. The number of nitrogens with two attached hydrogens (primary N) is 1. The summed E-state index contributed by atoms with van der Waals surface area (Å²) in [7, 11) is 0. The second kappa shape index (κ2) is 7.10. The second-order valence-electron chi connectivity index (χ2n) is 6.40. The molecule has 0 saturated carbocycles. The summed E-state index contributed by atoms with van der Waals surface area (Å²) in [5.74, 6) is 0.625. The summed E-state index contributed by atoms with van der Waals surface area (Å²) in [6.07, 6.45) is 1.84. The zero-order chi connectivity index (χ0) is 14.5. The molecule has 0 spiro atoms. The fraction of sp³-hybridized carbons (Fsp3) is 0.929. The summed E-state index contributed by atoms with van der Waals surface area (Å²) in [6.45, 7) is 11.3. The topological polar surface area (TPSA) is 67.6 Å². The number of nitrogens with one attached hydrogen (secondary N) is 1. The van der Waals surface area contributed by atoms with Crippen LogP contribution in [0.3, 0.4) is 0 Å². The van der Waals surface area contributed by atoms with Crippen LogP contribution in [0.25, 0.3) is 0 Å². The third-order valence-corrected chi connectivity index (χ3v) is 3.36. The summed E-state index contributed by atoms with van der Waals surface area (Å²) in [4.78, 5) is 14.1. The van der Waals surface area contributed by atoms with Crippen LogP contribution >= 0.6 is 0 Å². The molecule has 1 aliphatic rings. The monoisotopic (exact) mass is 271 g/mol. The maximum absolute atomic E-state index is 11.8. The van der Waals surface area contributed by atoms with Gasteiger partial charge in [-0.15, -0.1) is 0 Å². The molecule has 0 aromatic heterocycles. The van der Waals surface area contributed by atoms with E-state index in [4.69, 9.17) is 10.5 Å². The van der Waals surface area contributed by atoms with Crippen molar-refractivity contribution in [1.29, 1.82) is 0 Å². The molecule has 1 rings (SSSR count). The van der Waals surface area contributed by atoms with Gasteiger partial charge in [-0.2, -0.15) is 0 Å². The van der Waals surface area contributed by atoms with Gasteiger partial charge in [0.25, 0.3) is 0 Å². The van der Waals surface area contributed by atoms with Crippen molar-refractivity contribution in [2.45, 2.75) is 52.2 Å². The summed E-state index contributed by atoms with van der Waals surface area (Å²) >= 11 is 0. The largest absolute Gasteiger partial charge is 0.444 e. The number of ether oxygens (including phenoxy) is 1. The maximum atomic E-state index is 11.8. The number of nitrogens with zero attached hydrogens (tertiary/aromatic N) is 1. The van der Waals surface area contributed by atoms with Crippen molar-refractivity contribution in [3.8, 4) is 0 Å². The van der Waals surface area contributed by atoms with Crippen LogP contribution in [0.5, 0.6) is 0 Å². The maximum Gasteiger partial charge on any atom is 0.407 e. The number of amides is 1. The predicted octanol–water partition coefficient (Wildman–Crippen LogP) is 1.57. The van der Waals surface area contributed by atoms with E-state index in [0.717, 1.165) is 32.5 Å². The van der Waals surface area contributed by atoms with E-state index >= 15 is 0 Å². The number of hydrogen-bond donors (Lipinski definition) is 2. The number of piperidine rings is 1. The van der Waals surface area contributed by atoms with Crippen molar-refractivity contribution in [3.05, 3.63) is 0 Å². The molecule has 1 fully saturated rings. The number of carbonyl (C=O) groups excluding carboxylic acids is 1. The van der Waals surface area contributed by atoms with Gasteiger partial charge in [-0.25, -0.2) is 4.79 Å². The minimum Gasteiger partial charge on any atom is -0.444 e. The van der Waals surface area contributed by atoms with Crippen LogP contribution in [0.15, 0.2) is 0 Å². The third kappa shape index (κ3) is 6.25. The van der Waals surface area contributed by atoms with Gasteiger partial charge in [0.05, 0.1) is 0 Å². The lowest BCUT2D eigenvalue weighted by Gasteiger charge is -2.37. The first kappa shape index (κ1) is 16.2. The van der Waals surface area contributed by atoms with E-state index in [0.29, 0.717) is 12.5 Å². The summed E-state index contributed by atoms with van der Waals surface area (Å²) in [5.41, 5.74) is 5.18. The van der Waals surface area contributed by atoms with E-state index in [2.05, 4.69) is 17.1 Å². The highest BCUT2D eigenvalue weighted by Crippen LogP contribution is 2.20. The molecule has 0 aliphatic carbocycles. The molecule has 1 amide bonds. The average Bonchev–Trinajstić information content (AvgIpc) is 2.26. The highest BCUT2D eigenvalue weighted by Gasteiger charge is 2.28. The van der Waals surface area contributed by atoms with Crippen molar-refractivity contribution in [3.63, 3.8) is 0 Å². The van der Waals surface area contributed by atoms with Crippen molar-refractivity contribution in [1.82, 2.24) is 10.2 Å². The molecule has 1 saturated heterocycles. The number of carbonyl (C=O) groups is 1.